The van der Waals surface area contributed by atoms with Gasteiger partial charge in [-0.2, -0.15) is 0 Å². The van der Waals surface area contributed by atoms with E-state index in [1.165, 1.54) is 64.0 Å². The van der Waals surface area contributed by atoms with Gasteiger partial charge in [-0.1, -0.05) is 98.8 Å². The Morgan fingerprint density at radius 1 is 0.520 bits per heavy atom. The Balaban J connectivity index is 1.15. The molecule has 4 heteroatoms. The molecular weight excluding hydrogens is 629 g/mol. The van der Waals surface area contributed by atoms with Gasteiger partial charge in [0.2, 0.25) is 0 Å². The molecule has 0 aliphatic heterocycles. The molecule has 3 nitrogen and oxygen atoms in total. The Morgan fingerprint density at radius 2 is 1.24 bits per heavy atom. The normalized spacial score (nSPS) is 13.6. The summed E-state index contributed by atoms with van der Waals surface area (Å²) in [4.78, 5) is 7.51. The summed E-state index contributed by atoms with van der Waals surface area (Å²) in [5.41, 5.74) is 9.21. The number of rotatable bonds is 3. The maximum absolute atomic E-state index is 6.36. The molecule has 0 N–H and O–H groups in total. The van der Waals surface area contributed by atoms with Crippen LogP contribution in [0.15, 0.2) is 150 Å². The zero-order valence-electron chi connectivity index (χ0n) is 27.6. The fourth-order valence-corrected chi connectivity index (χ4v) is 9.49. The summed E-state index contributed by atoms with van der Waals surface area (Å²) in [6.07, 6.45) is 2.05. The van der Waals surface area contributed by atoms with E-state index in [0.29, 0.717) is 0 Å². The van der Waals surface area contributed by atoms with Crippen molar-refractivity contribution in [3.8, 4) is 11.1 Å². The number of para-hydroxylation sites is 1. The van der Waals surface area contributed by atoms with Crippen LogP contribution in [0, 0.1) is 0 Å². The Morgan fingerprint density at radius 3 is 2.18 bits per heavy atom. The van der Waals surface area contributed by atoms with Crippen molar-refractivity contribution in [2.24, 2.45) is 0 Å². The van der Waals surface area contributed by atoms with Crippen molar-refractivity contribution in [2.75, 3.05) is 4.90 Å². The lowest BCUT2D eigenvalue weighted by atomic mass is 9.82. The summed E-state index contributed by atoms with van der Waals surface area (Å²) in [7, 11) is 0. The minimum Gasteiger partial charge on any atom is -0.456 e. The Hall–Kier alpha value is -5.97. The molecule has 0 fully saturated rings. The first-order valence-electron chi connectivity index (χ1n) is 17.1. The maximum Gasteiger partial charge on any atom is 0.138 e. The van der Waals surface area contributed by atoms with Crippen LogP contribution in [0.25, 0.3) is 74.8 Å². The predicted octanol–water partition coefficient (Wildman–Crippen LogP) is 13.4. The number of hydrogen-bond donors (Lipinski definition) is 0. The molecule has 0 amide bonds. The summed E-state index contributed by atoms with van der Waals surface area (Å²) in [5, 5.41) is 9.49. The third-order valence-electron chi connectivity index (χ3n) is 10.9. The molecule has 0 saturated heterocycles. The molecular formula is C46H30N2OS. The van der Waals surface area contributed by atoms with Gasteiger partial charge in [0.25, 0.3) is 0 Å². The van der Waals surface area contributed by atoms with Crippen molar-refractivity contribution in [1.82, 2.24) is 4.98 Å². The number of nitrogens with zero attached hydrogens (tertiary/aromatic N) is 2. The number of furan rings is 1. The van der Waals surface area contributed by atoms with Crippen LogP contribution in [0.4, 0.5) is 17.2 Å². The standard InChI is InChI=1S/C46H30N2OS/c1-46(2)39-12-6-3-9-31(39)32-20-19-30(23-40(32)46)48(45-25-44-38(26-47-45)34-11-5-8-14-43(34)50-44)29-18-17-27-15-16-28-21-37-33-10-4-7-13-41(33)49-42(37)24-36(28)35(27)22-29/h3-26H,1-2H3. The van der Waals surface area contributed by atoms with Gasteiger partial charge in [0.1, 0.15) is 17.0 Å². The van der Waals surface area contributed by atoms with Crippen LogP contribution >= 0.6 is 11.3 Å². The topological polar surface area (TPSA) is 29.3 Å². The zero-order valence-corrected chi connectivity index (χ0v) is 28.4. The maximum atomic E-state index is 6.36. The highest BCUT2D eigenvalue weighted by Crippen LogP contribution is 2.51. The fraction of sp³-hybridized carbons (Fsp3) is 0.0652. The van der Waals surface area contributed by atoms with Gasteiger partial charge in [-0.3, -0.25) is 4.90 Å². The molecule has 11 rings (SSSR count). The molecule has 10 aromatic rings. The first kappa shape index (κ1) is 27.9. The summed E-state index contributed by atoms with van der Waals surface area (Å²) in [5.74, 6) is 0.900. The highest BCUT2D eigenvalue weighted by Gasteiger charge is 2.35. The average molecular weight is 659 g/mol. The largest absolute Gasteiger partial charge is 0.456 e. The van der Waals surface area contributed by atoms with Gasteiger partial charge >= 0.3 is 0 Å². The van der Waals surface area contributed by atoms with Crippen LogP contribution < -0.4 is 4.90 Å². The SMILES string of the molecule is CC1(C)c2ccccc2-c2ccc(N(c3ccc4ccc5cc6c(cc5c4c3)oc3ccccc36)c3cc4sc5ccccc5c4cn3)cc21. The molecule has 1 aliphatic carbocycles. The van der Waals surface area contributed by atoms with Gasteiger partial charge in [-0.25, -0.2) is 4.98 Å². The lowest BCUT2D eigenvalue weighted by Crippen LogP contribution is -2.17. The van der Waals surface area contributed by atoms with Crippen molar-refractivity contribution >= 4 is 92.2 Å². The van der Waals surface area contributed by atoms with E-state index < -0.39 is 0 Å². The van der Waals surface area contributed by atoms with Crippen molar-refractivity contribution in [3.05, 3.63) is 157 Å². The molecule has 0 radical (unpaired) electrons. The lowest BCUT2D eigenvalue weighted by molar-refractivity contribution is 0.660. The number of hydrogen-bond acceptors (Lipinski definition) is 4. The van der Waals surface area contributed by atoms with Crippen molar-refractivity contribution in [3.63, 3.8) is 0 Å². The number of thiophene rings is 1. The van der Waals surface area contributed by atoms with Crippen LogP contribution in [0.5, 0.6) is 0 Å². The van der Waals surface area contributed by atoms with Gasteiger partial charge in [0, 0.05) is 53.9 Å². The quantitative estimate of drug-likeness (QED) is 0.177. The molecule has 50 heavy (non-hydrogen) atoms. The average Bonchev–Trinajstić information content (AvgIpc) is 3.78. The number of anilines is 3. The van der Waals surface area contributed by atoms with Gasteiger partial charge < -0.3 is 4.42 Å². The monoisotopic (exact) mass is 658 g/mol. The first-order chi connectivity index (χ1) is 24.5. The molecule has 1 aliphatic rings. The smallest absolute Gasteiger partial charge is 0.138 e. The second-order valence-electron chi connectivity index (χ2n) is 14.0. The van der Waals surface area contributed by atoms with Crippen LogP contribution in [0.2, 0.25) is 0 Å². The summed E-state index contributed by atoms with van der Waals surface area (Å²) in [6.45, 7) is 4.68. The summed E-state index contributed by atoms with van der Waals surface area (Å²) >= 11 is 1.83. The Bertz CT molecular complexity index is 3040. The molecule has 236 valence electrons. The molecule has 3 aromatic heterocycles. The minimum absolute atomic E-state index is 0.117. The van der Waals surface area contributed by atoms with Crippen molar-refractivity contribution in [1.29, 1.82) is 0 Å². The van der Waals surface area contributed by atoms with Gasteiger partial charge in [-0.15, -0.1) is 11.3 Å². The molecule has 3 heterocycles. The Labute approximate surface area is 292 Å². The second kappa shape index (κ2) is 10.0. The second-order valence-corrected chi connectivity index (χ2v) is 15.1. The molecule has 0 saturated carbocycles. The highest BCUT2D eigenvalue weighted by atomic mass is 32.1. The third kappa shape index (κ3) is 3.88. The Kier molecular flexibility index (Phi) is 5.61. The molecule has 0 unspecified atom stereocenters. The van der Waals surface area contributed by atoms with Crippen LogP contribution in [0.3, 0.4) is 0 Å². The van der Waals surface area contributed by atoms with Crippen molar-refractivity contribution < 1.29 is 4.42 Å². The molecule has 0 spiro atoms. The van der Waals surface area contributed by atoms with E-state index in [9.17, 15) is 0 Å². The molecule has 0 atom stereocenters. The van der Waals surface area contributed by atoms with Crippen LogP contribution in [0.1, 0.15) is 25.0 Å². The number of pyridine rings is 1. The minimum atomic E-state index is -0.117. The number of aromatic nitrogens is 1. The van der Waals surface area contributed by atoms with E-state index in [1.807, 2.05) is 23.5 Å². The summed E-state index contributed by atoms with van der Waals surface area (Å²) < 4.78 is 8.87. The lowest BCUT2D eigenvalue weighted by Gasteiger charge is -2.27. The highest BCUT2D eigenvalue weighted by molar-refractivity contribution is 7.25. The van der Waals surface area contributed by atoms with Crippen LogP contribution in [-0.2, 0) is 5.41 Å². The first-order valence-corrected chi connectivity index (χ1v) is 17.9. The van der Waals surface area contributed by atoms with Gasteiger partial charge in [-0.05, 0) is 98.4 Å². The number of benzene rings is 7. The van der Waals surface area contributed by atoms with Crippen molar-refractivity contribution in [2.45, 2.75) is 19.3 Å². The summed E-state index contributed by atoms with van der Waals surface area (Å²) in [6, 6.07) is 50.7. The van der Waals surface area contributed by atoms with E-state index in [-0.39, 0.29) is 5.41 Å². The van der Waals surface area contributed by atoms with Gasteiger partial charge in [0.05, 0.1) is 0 Å². The van der Waals surface area contributed by atoms with E-state index >= 15 is 0 Å². The fourth-order valence-electron chi connectivity index (χ4n) is 8.38. The van der Waals surface area contributed by atoms with E-state index in [1.54, 1.807) is 0 Å². The van der Waals surface area contributed by atoms with Crippen LogP contribution in [-0.4, -0.2) is 4.98 Å². The van der Waals surface area contributed by atoms with E-state index in [2.05, 4.69) is 152 Å². The number of fused-ring (bicyclic) bond motifs is 12. The van der Waals surface area contributed by atoms with E-state index in [0.717, 1.165) is 39.1 Å². The third-order valence-corrected chi connectivity index (χ3v) is 12.0. The molecule has 7 aromatic carbocycles. The zero-order chi connectivity index (χ0) is 33.1. The predicted molar refractivity (Wildman–Crippen MR) is 212 cm³/mol. The van der Waals surface area contributed by atoms with Gasteiger partial charge in [0.15, 0.2) is 0 Å². The van der Waals surface area contributed by atoms with E-state index in [4.69, 9.17) is 9.40 Å². The molecule has 0 bridgehead atoms.